The number of amides is 2. The molecule has 0 bridgehead atoms. The Morgan fingerprint density at radius 3 is 2.49 bits per heavy atom. The third-order valence-corrected chi connectivity index (χ3v) is 7.45. The number of halogens is 2. The molecule has 0 saturated carbocycles. The number of hydrogen-bond donors (Lipinski definition) is 3. The van der Waals surface area contributed by atoms with Crippen molar-refractivity contribution in [3.63, 3.8) is 0 Å². The van der Waals surface area contributed by atoms with Crippen LogP contribution >= 0.6 is 23.2 Å². The maximum Gasteiger partial charge on any atom is 0.255 e. The van der Waals surface area contributed by atoms with Crippen LogP contribution in [0.5, 0.6) is 0 Å². The molecule has 1 saturated heterocycles. The van der Waals surface area contributed by atoms with E-state index in [4.69, 9.17) is 28.3 Å². The van der Waals surface area contributed by atoms with Crippen molar-refractivity contribution in [2.45, 2.75) is 12.0 Å². The van der Waals surface area contributed by atoms with E-state index in [9.17, 15) is 9.59 Å². The van der Waals surface area contributed by atoms with E-state index in [0.29, 0.717) is 53.0 Å². The van der Waals surface area contributed by atoms with Gasteiger partial charge in [0.2, 0.25) is 0 Å². The lowest BCUT2D eigenvalue weighted by molar-refractivity contribution is -0.119. The second-order valence-electron chi connectivity index (χ2n) is 9.42. The van der Waals surface area contributed by atoms with Crippen LogP contribution < -0.4 is 10.6 Å². The molecule has 1 atom stereocenters. The Morgan fingerprint density at radius 1 is 0.973 bits per heavy atom. The molecule has 37 heavy (non-hydrogen) atoms. The predicted octanol–water partition coefficient (Wildman–Crippen LogP) is 4.25. The first kappa shape index (κ1) is 25.5. The molecule has 1 fully saturated rings. The van der Waals surface area contributed by atoms with E-state index in [-0.39, 0.29) is 18.4 Å². The van der Waals surface area contributed by atoms with E-state index in [2.05, 4.69) is 15.5 Å². The monoisotopic (exact) mass is 538 g/mol. The number of benzene rings is 3. The van der Waals surface area contributed by atoms with E-state index in [0.717, 1.165) is 24.2 Å². The van der Waals surface area contributed by atoms with Crippen molar-refractivity contribution < 1.29 is 14.7 Å². The van der Waals surface area contributed by atoms with Crippen LogP contribution in [0.4, 0.5) is 11.4 Å². The molecule has 2 aliphatic rings. The molecule has 5 rings (SSSR count). The van der Waals surface area contributed by atoms with Crippen LogP contribution in [0.3, 0.4) is 0 Å². The molecule has 7 nitrogen and oxygen atoms in total. The molecule has 9 heteroatoms. The van der Waals surface area contributed by atoms with Crippen molar-refractivity contribution in [1.29, 1.82) is 0 Å². The normalized spacial score (nSPS) is 19.4. The lowest BCUT2D eigenvalue weighted by Gasteiger charge is -2.34. The van der Waals surface area contributed by atoms with E-state index in [1.54, 1.807) is 30.3 Å². The van der Waals surface area contributed by atoms with Crippen molar-refractivity contribution in [3.8, 4) is 0 Å². The van der Waals surface area contributed by atoms with Gasteiger partial charge in [-0.25, -0.2) is 0 Å². The van der Waals surface area contributed by atoms with Gasteiger partial charge in [-0.2, -0.15) is 0 Å². The summed E-state index contributed by atoms with van der Waals surface area (Å²) in [6.07, 6.45) is 0.346. The van der Waals surface area contributed by atoms with E-state index < -0.39 is 5.54 Å². The van der Waals surface area contributed by atoms with Crippen molar-refractivity contribution in [1.82, 2.24) is 9.80 Å². The average molecular weight is 539 g/mol. The molecule has 2 aliphatic heterocycles. The fourth-order valence-corrected chi connectivity index (χ4v) is 5.50. The fourth-order valence-electron chi connectivity index (χ4n) is 5.12. The summed E-state index contributed by atoms with van der Waals surface area (Å²) in [5.74, 6) is -0.263. The average Bonchev–Trinajstić information content (AvgIpc) is 3.14. The molecule has 0 aliphatic carbocycles. The number of carbonyl (C=O) groups excluding carboxylic acids is 2. The summed E-state index contributed by atoms with van der Waals surface area (Å²) in [6.45, 7) is 3.39. The first-order valence-corrected chi connectivity index (χ1v) is 13.0. The van der Waals surface area contributed by atoms with Crippen LogP contribution in [0.15, 0.2) is 66.7 Å². The minimum atomic E-state index is -1.12. The summed E-state index contributed by atoms with van der Waals surface area (Å²) in [7, 11) is 0. The molecule has 2 heterocycles. The quantitative estimate of drug-likeness (QED) is 0.418. The smallest absolute Gasteiger partial charge is 0.255 e. The zero-order valence-electron chi connectivity index (χ0n) is 20.2. The molecule has 192 valence electrons. The number of carbonyl (C=O) groups is 2. The maximum atomic E-state index is 13.6. The number of fused-ring (bicyclic) bond motifs is 1. The van der Waals surface area contributed by atoms with Crippen molar-refractivity contribution in [2.75, 3.05) is 50.0 Å². The van der Waals surface area contributed by atoms with E-state index in [1.165, 1.54) is 0 Å². The Bertz CT molecular complexity index is 1330. The van der Waals surface area contributed by atoms with Gasteiger partial charge in [0, 0.05) is 71.7 Å². The SMILES string of the molecule is O=C(c1cccc(NC2(Cc3cccc(Cl)c3)C(=O)Nc3cc(Cl)ccc32)c1)N1CCN(CCO)CC1. The number of anilines is 2. The first-order chi connectivity index (χ1) is 17.9. The molecule has 3 N–H and O–H groups in total. The minimum Gasteiger partial charge on any atom is -0.395 e. The lowest BCUT2D eigenvalue weighted by atomic mass is 9.84. The van der Waals surface area contributed by atoms with Gasteiger partial charge in [-0.15, -0.1) is 0 Å². The third kappa shape index (κ3) is 5.31. The number of hydrogen-bond acceptors (Lipinski definition) is 5. The Morgan fingerprint density at radius 2 is 1.73 bits per heavy atom. The second kappa shape index (κ2) is 10.7. The molecule has 3 aromatic rings. The van der Waals surface area contributed by atoms with Gasteiger partial charge in [-0.05, 0) is 48.0 Å². The second-order valence-corrected chi connectivity index (χ2v) is 10.3. The Labute approximate surface area is 226 Å². The summed E-state index contributed by atoms with van der Waals surface area (Å²) in [6, 6.07) is 20.1. The van der Waals surface area contributed by atoms with E-state index in [1.807, 2.05) is 41.3 Å². The topological polar surface area (TPSA) is 84.9 Å². The highest BCUT2D eigenvalue weighted by Crippen LogP contribution is 2.42. The van der Waals surface area contributed by atoms with Crippen molar-refractivity contribution in [2.24, 2.45) is 0 Å². The summed E-state index contributed by atoms with van der Waals surface area (Å²) in [4.78, 5) is 30.8. The molecule has 3 aromatic carbocycles. The number of piperazine rings is 1. The third-order valence-electron chi connectivity index (χ3n) is 6.98. The van der Waals surface area contributed by atoms with Crippen LogP contribution in [0, 0.1) is 0 Å². The summed E-state index contributed by atoms with van der Waals surface area (Å²) in [5.41, 5.74) is 2.41. The Balaban J connectivity index is 1.45. The summed E-state index contributed by atoms with van der Waals surface area (Å²) in [5, 5.41) is 16.7. The van der Waals surface area contributed by atoms with Gasteiger partial charge in [0.15, 0.2) is 0 Å². The van der Waals surface area contributed by atoms with Gasteiger partial charge < -0.3 is 20.6 Å². The van der Waals surface area contributed by atoms with Gasteiger partial charge in [0.1, 0.15) is 5.54 Å². The van der Waals surface area contributed by atoms with Gasteiger partial charge in [-0.1, -0.05) is 47.5 Å². The molecule has 0 spiro atoms. The number of nitrogens with one attached hydrogen (secondary N) is 2. The number of rotatable bonds is 7. The molecule has 0 radical (unpaired) electrons. The maximum absolute atomic E-state index is 13.6. The molecule has 1 unspecified atom stereocenters. The zero-order valence-corrected chi connectivity index (χ0v) is 21.7. The number of aliphatic hydroxyl groups excluding tert-OH is 1. The van der Waals surface area contributed by atoms with Crippen LogP contribution in [0.1, 0.15) is 21.5 Å². The number of nitrogens with zero attached hydrogens (tertiary/aromatic N) is 2. The van der Waals surface area contributed by atoms with E-state index >= 15 is 0 Å². The molecule has 2 amide bonds. The largest absolute Gasteiger partial charge is 0.395 e. The highest BCUT2D eigenvalue weighted by atomic mass is 35.5. The van der Waals surface area contributed by atoms with Gasteiger partial charge in [-0.3, -0.25) is 14.5 Å². The standard InChI is InChI=1S/C28H28Cl2N4O3/c29-21-5-1-3-19(15-21)18-28(24-8-7-22(30)17-25(24)31-27(28)37)32-23-6-2-4-20(16-23)26(36)34-11-9-33(10-12-34)13-14-35/h1-8,15-17,32,35H,9-14,18H2,(H,31,37). The predicted molar refractivity (Wildman–Crippen MR) is 146 cm³/mol. The van der Waals surface area contributed by atoms with Gasteiger partial charge in [0.25, 0.3) is 11.8 Å². The number of aliphatic hydroxyl groups is 1. The van der Waals surface area contributed by atoms with Crippen molar-refractivity contribution >= 4 is 46.4 Å². The summed E-state index contributed by atoms with van der Waals surface area (Å²) < 4.78 is 0. The Hall–Kier alpha value is -3.10. The summed E-state index contributed by atoms with van der Waals surface area (Å²) >= 11 is 12.5. The zero-order chi connectivity index (χ0) is 26.0. The minimum absolute atomic E-state index is 0.0563. The van der Waals surface area contributed by atoms with Crippen molar-refractivity contribution in [3.05, 3.63) is 93.5 Å². The fraction of sp³-hybridized carbons (Fsp3) is 0.286. The highest BCUT2D eigenvalue weighted by Gasteiger charge is 2.47. The van der Waals surface area contributed by atoms with Crippen LogP contribution in [-0.2, 0) is 16.8 Å². The lowest BCUT2D eigenvalue weighted by Crippen LogP contribution is -2.49. The van der Waals surface area contributed by atoms with Crippen LogP contribution in [-0.4, -0.2) is 66.1 Å². The van der Waals surface area contributed by atoms with Crippen LogP contribution in [0.2, 0.25) is 10.0 Å². The van der Waals surface area contributed by atoms with Gasteiger partial charge >= 0.3 is 0 Å². The number of β-amino-alcohol motifs (C(OH)–C–C–N with tert-alkyl or cyclic N) is 1. The van der Waals surface area contributed by atoms with Crippen LogP contribution in [0.25, 0.3) is 0 Å². The van der Waals surface area contributed by atoms with Gasteiger partial charge in [0.05, 0.1) is 6.61 Å². The highest BCUT2D eigenvalue weighted by molar-refractivity contribution is 6.31. The molecular weight excluding hydrogens is 511 g/mol. The molecular formula is C28H28Cl2N4O3. The first-order valence-electron chi connectivity index (χ1n) is 12.2. The Kier molecular flexibility index (Phi) is 7.40. The molecule has 0 aromatic heterocycles.